The topological polar surface area (TPSA) is 34.0 Å². The van der Waals surface area contributed by atoms with Crippen molar-refractivity contribution in [3.8, 4) is 0 Å². The third kappa shape index (κ3) is 1.84. The van der Waals surface area contributed by atoms with Crippen LogP contribution >= 0.6 is 0 Å². The van der Waals surface area contributed by atoms with E-state index in [1.807, 2.05) is 12.1 Å². The average molecular weight is 304 g/mol. The molecule has 0 unspecified atom stereocenters. The molecule has 3 heterocycles. The first-order chi connectivity index (χ1) is 11.3. The van der Waals surface area contributed by atoms with Crippen LogP contribution in [0.3, 0.4) is 0 Å². The Balaban J connectivity index is 1.74. The summed E-state index contributed by atoms with van der Waals surface area (Å²) in [5, 5.41) is 8.89. The summed E-state index contributed by atoms with van der Waals surface area (Å²) in [6.45, 7) is 4.62. The third-order valence-corrected chi connectivity index (χ3v) is 5.35. The number of aromatic nitrogens is 3. The van der Waals surface area contributed by atoms with Crippen molar-refractivity contribution in [3.63, 3.8) is 0 Å². The SMILES string of the molecule is C[C@@H]1CN2CCCc3cccc(c32)[C@H]1n1nnc2ccccc21. The number of anilines is 1. The van der Waals surface area contributed by atoms with Gasteiger partial charge in [0, 0.05) is 30.3 Å². The molecule has 2 aliphatic rings. The number of aryl methyl sites for hydroxylation is 1. The zero-order valence-electron chi connectivity index (χ0n) is 13.3. The van der Waals surface area contributed by atoms with Gasteiger partial charge in [0.05, 0.1) is 11.6 Å². The number of nitrogens with zero attached hydrogens (tertiary/aromatic N) is 4. The van der Waals surface area contributed by atoms with Gasteiger partial charge in [0.2, 0.25) is 0 Å². The number of hydrogen-bond acceptors (Lipinski definition) is 3. The standard InChI is InChI=1S/C19H20N4/c1-13-12-22-11-5-7-14-6-4-8-15(19(14)22)18(13)23-17-10-3-2-9-16(17)20-21-23/h2-4,6,8-10,13,18H,5,7,11-12H2,1H3/t13-,18+/m1/s1. The number of fused-ring (bicyclic) bond motifs is 1. The molecule has 0 saturated carbocycles. The van der Waals surface area contributed by atoms with Gasteiger partial charge in [-0.2, -0.15) is 0 Å². The van der Waals surface area contributed by atoms with Gasteiger partial charge >= 0.3 is 0 Å². The van der Waals surface area contributed by atoms with Crippen LogP contribution in [-0.2, 0) is 6.42 Å². The fraction of sp³-hybridized carbons (Fsp3) is 0.368. The molecule has 0 saturated heterocycles. The molecular weight excluding hydrogens is 284 g/mol. The van der Waals surface area contributed by atoms with Gasteiger partial charge in [-0.15, -0.1) is 5.10 Å². The van der Waals surface area contributed by atoms with Crippen molar-refractivity contribution in [3.05, 3.63) is 53.6 Å². The van der Waals surface area contributed by atoms with Gasteiger partial charge in [0.1, 0.15) is 5.52 Å². The first kappa shape index (κ1) is 13.1. The van der Waals surface area contributed by atoms with E-state index in [4.69, 9.17) is 0 Å². The second-order valence-corrected chi connectivity index (χ2v) is 6.85. The minimum absolute atomic E-state index is 0.270. The highest BCUT2D eigenvalue weighted by molar-refractivity contribution is 5.75. The normalized spacial score (nSPS) is 23.1. The maximum atomic E-state index is 4.51. The summed E-state index contributed by atoms with van der Waals surface area (Å²) in [7, 11) is 0. The molecule has 5 rings (SSSR count). The first-order valence-electron chi connectivity index (χ1n) is 8.49. The smallest absolute Gasteiger partial charge is 0.113 e. The Hall–Kier alpha value is -2.36. The molecule has 2 aromatic carbocycles. The second-order valence-electron chi connectivity index (χ2n) is 6.85. The van der Waals surface area contributed by atoms with E-state index in [1.165, 1.54) is 36.2 Å². The summed E-state index contributed by atoms with van der Waals surface area (Å²) in [6, 6.07) is 15.3. The van der Waals surface area contributed by atoms with E-state index in [1.54, 1.807) is 0 Å². The van der Waals surface area contributed by atoms with Crippen molar-refractivity contribution in [2.75, 3.05) is 18.0 Å². The molecular formula is C19H20N4. The summed E-state index contributed by atoms with van der Waals surface area (Å²) in [4.78, 5) is 2.58. The quantitative estimate of drug-likeness (QED) is 0.691. The summed E-state index contributed by atoms with van der Waals surface area (Å²) in [6.07, 6.45) is 2.46. The highest BCUT2D eigenvalue weighted by atomic mass is 15.4. The molecule has 0 amide bonds. The lowest BCUT2D eigenvalue weighted by atomic mass is 9.84. The number of para-hydroxylation sites is 2. The zero-order chi connectivity index (χ0) is 15.4. The van der Waals surface area contributed by atoms with Gasteiger partial charge in [-0.1, -0.05) is 42.5 Å². The minimum Gasteiger partial charge on any atom is -0.371 e. The van der Waals surface area contributed by atoms with Crippen LogP contribution in [0, 0.1) is 5.92 Å². The van der Waals surface area contributed by atoms with E-state index in [9.17, 15) is 0 Å². The van der Waals surface area contributed by atoms with Gasteiger partial charge in [0.15, 0.2) is 0 Å². The van der Waals surface area contributed by atoms with Crippen LogP contribution in [0.15, 0.2) is 42.5 Å². The fourth-order valence-electron chi connectivity index (χ4n) is 4.41. The van der Waals surface area contributed by atoms with E-state index in [-0.39, 0.29) is 6.04 Å². The van der Waals surface area contributed by atoms with Gasteiger partial charge in [-0.3, -0.25) is 0 Å². The third-order valence-electron chi connectivity index (χ3n) is 5.35. The summed E-state index contributed by atoms with van der Waals surface area (Å²) in [5.41, 5.74) is 6.48. The van der Waals surface area contributed by atoms with Crippen LogP contribution < -0.4 is 4.90 Å². The molecule has 0 N–H and O–H groups in total. The lowest BCUT2D eigenvalue weighted by Gasteiger charge is -2.43. The van der Waals surface area contributed by atoms with Crippen LogP contribution in [-0.4, -0.2) is 28.1 Å². The summed E-state index contributed by atoms with van der Waals surface area (Å²) in [5.74, 6) is 0.515. The molecule has 0 fully saturated rings. The Morgan fingerprint density at radius 3 is 2.96 bits per heavy atom. The molecule has 1 aromatic heterocycles. The van der Waals surface area contributed by atoms with Crippen molar-refractivity contribution in [1.82, 2.24) is 15.0 Å². The molecule has 2 aliphatic heterocycles. The van der Waals surface area contributed by atoms with Crippen LogP contribution in [0.2, 0.25) is 0 Å². The van der Waals surface area contributed by atoms with Crippen molar-refractivity contribution in [2.45, 2.75) is 25.8 Å². The average Bonchev–Trinajstić information content (AvgIpc) is 2.99. The van der Waals surface area contributed by atoms with Gasteiger partial charge in [-0.05, 0) is 30.5 Å². The highest BCUT2D eigenvalue weighted by Gasteiger charge is 2.35. The number of hydrogen-bond donors (Lipinski definition) is 0. The summed E-state index contributed by atoms with van der Waals surface area (Å²) < 4.78 is 2.14. The van der Waals surface area contributed by atoms with Crippen molar-refractivity contribution < 1.29 is 0 Å². The number of rotatable bonds is 1. The van der Waals surface area contributed by atoms with E-state index in [2.05, 4.69) is 57.1 Å². The molecule has 0 bridgehead atoms. The van der Waals surface area contributed by atoms with Crippen molar-refractivity contribution in [2.24, 2.45) is 5.92 Å². The molecule has 23 heavy (non-hydrogen) atoms. The van der Waals surface area contributed by atoms with Crippen molar-refractivity contribution in [1.29, 1.82) is 0 Å². The highest BCUT2D eigenvalue weighted by Crippen LogP contribution is 2.43. The van der Waals surface area contributed by atoms with Crippen LogP contribution in [0.1, 0.15) is 30.5 Å². The van der Waals surface area contributed by atoms with Crippen LogP contribution in [0.5, 0.6) is 0 Å². The molecule has 4 nitrogen and oxygen atoms in total. The van der Waals surface area contributed by atoms with E-state index in [0.717, 1.165) is 17.6 Å². The van der Waals surface area contributed by atoms with Crippen LogP contribution in [0.4, 0.5) is 5.69 Å². The molecule has 116 valence electrons. The van der Waals surface area contributed by atoms with Crippen LogP contribution in [0.25, 0.3) is 11.0 Å². The molecule has 4 heteroatoms. The minimum atomic E-state index is 0.270. The zero-order valence-corrected chi connectivity index (χ0v) is 13.3. The van der Waals surface area contributed by atoms with Gasteiger partial charge in [0.25, 0.3) is 0 Å². The molecule has 3 aromatic rings. The Labute approximate surface area is 135 Å². The van der Waals surface area contributed by atoms with Crippen molar-refractivity contribution >= 4 is 16.7 Å². The maximum Gasteiger partial charge on any atom is 0.113 e. The largest absolute Gasteiger partial charge is 0.371 e. The molecule has 0 radical (unpaired) electrons. The predicted molar refractivity (Wildman–Crippen MR) is 91.8 cm³/mol. The molecule has 0 aliphatic carbocycles. The van der Waals surface area contributed by atoms with Gasteiger partial charge < -0.3 is 4.90 Å². The molecule has 2 atom stereocenters. The lowest BCUT2D eigenvalue weighted by molar-refractivity contribution is 0.357. The summed E-state index contributed by atoms with van der Waals surface area (Å²) >= 11 is 0. The fourth-order valence-corrected chi connectivity index (χ4v) is 4.41. The monoisotopic (exact) mass is 304 g/mol. The maximum absolute atomic E-state index is 4.51. The van der Waals surface area contributed by atoms with E-state index in [0.29, 0.717) is 5.92 Å². The Morgan fingerprint density at radius 1 is 1.09 bits per heavy atom. The number of benzene rings is 2. The van der Waals surface area contributed by atoms with Gasteiger partial charge in [-0.25, -0.2) is 4.68 Å². The Bertz CT molecular complexity index is 882. The second kappa shape index (κ2) is 4.82. The first-order valence-corrected chi connectivity index (χ1v) is 8.49. The Kier molecular flexibility index (Phi) is 2.75. The van der Waals surface area contributed by atoms with E-state index >= 15 is 0 Å². The Morgan fingerprint density at radius 2 is 2.00 bits per heavy atom. The predicted octanol–water partition coefficient (Wildman–Crippen LogP) is 3.42. The lowest BCUT2D eigenvalue weighted by Crippen LogP contribution is -2.42. The molecule has 0 spiro atoms. The van der Waals surface area contributed by atoms with E-state index < -0.39 is 0 Å².